The minimum absolute atomic E-state index is 0.0697. The number of nitrogen functional groups attached to an aromatic ring is 1. The van der Waals surface area contributed by atoms with Gasteiger partial charge in [-0.1, -0.05) is 0 Å². The summed E-state index contributed by atoms with van der Waals surface area (Å²) < 4.78 is 0. The van der Waals surface area contributed by atoms with Gasteiger partial charge in [0.2, 0.25) is 11.8 Å². The van der Waals surface area contributed by atoms with Crippen LogP contribution in [0.2, 0.25) is 0 Å². The fraction of sp³-hybridized carbons (Fsp3) is 0.462. The van der Waals surface area contributed by atoms with Gasteiger partial charge in [0.15, 0.2) is 0 Å². The molecule has 0 bridgehead atoms. The van der Waals surface area contributed by atoms with Gasteiger partial charge in [-0.2, -0.15) is 4.98 Å². The Bertz CT molecular complexity index is 699. The van der Waals surface area contributed by atoms with Crippen LogP contribution in [0.15, 0.2) is 12.3 Å². The van der Waals surface area contributed by atoms with Crippen LogP contribution in [0.3, 0.4) is 0 Å². The van der Waals surface area contributed by atoms with E-state index in [1.165, 1.54) is 0 Å². The highest BCUT2D eigenvalue weighted by molar-refractivity contribution is 5.61. The predicted molar refractivity (Wildman–Crippen MR) is 80.6 cm³/mol. The number of anilines is 2. The highest BCUT2D eigenvalue weighted by Gasteiger charge is 2.29. The van der Waals surface area contributed by atoms with E-state index in [1.807, 2.05) is 4.90 Å². The highest BCUT2D eigenvalue weighted by atomic mass is 16.6. The van der Waals surface area contributed by atoms with Crippen molar-refractivity contribution < 1.29 is 4.92 Å². The summed E-state index contributed by atoms with van der Waals surface area (Å²) in [4.78, 5) is 21.3. The normalized spacial score (nSPS) is 18.4. The second-order valence-corrected chi connectivity index (χ2v) is 5.42. The zero-order valence-electron chi connectivity index (χ0n) is 12.2. The Labute approximate surface area is 126 Å². The van der Waals surface area contributed by atoms with Crippen LogP contribution in [-0.2, 0) is 0 Å². The van der Waals surface area contributed by atoms with Gasteiger partial charge in [0.25, 0.3) is 0 Å². The van der Waals surface area contributed by atoms with Crippen LogP contribution in [0.25, 0.3) is 0 Å². The molecule has 1 atom stereocenters. The third kappa shape index (κ3) is 2.57. The van der Waals surface area contributed by atoms with E-state index in [2.05, 4.69) is 20.2 Å². The fourth-order valence-electron chi connectivity index (χ4n) is 2.86. The largest absolute Gasteiger partial charge is 0.367 e. The summed E-state index contributed by atoms with van der Waals surface area (Å²) in [5.74, 6) is 1.46. The molecular weight excluding hydrogens is 286 g/mol. The number of piperidine rings is 1. The van der Waals surface area contributed by atoms with Crippen molar-refractivity contribution in [2.24, 2.45) is 0 Å². The number of hydrogen-bond acceptors (Lipinski definition) is 7. The van der Waals surface area contributed by atoms with Gasteiger partial charge < -0.3 is 10.6 Å². The number of aromatic nitrogens is 4. The number of nitro groups is 1. The van der Waals surface area contributed by atoms with Crippen LogP contribution in [0.4, 0.5) is 17.5 Å². The zero-order valence-corrected chi connectivity index (χ0v) is 12.2. The van der Waals surface area contributed by atoms with Crippen LogP contribution >= 0.6 is 0 Å². The number of nitrogens with one attached hydrogen (secondary N) is 1. The molecule has 3 N–H and O–H groups in total. The van der Waals surface area contributed by atoms with E-state index in [0.29, 0.717) is 17.9 Å². The first-order valence-electron chi connectivity index (χ1n) is 7.09. The number of H-pyrrole nitrogens is 1. The summed E-state index contributed by atoms with van der Waals surface area (Å²) >= 11 is 0. The summed E-state index contributed by atoms with van der Waals surface area (Å²) in [6.07, 6.45) is 3.44. The van der Waals surface area contributed by atoms with E-state index < -0.39 is 0 Å². The molecule has 1 saturated heterocycles. The second kappa shape index (κ2) is 5.58. The van der Waals surface area contributed by atoms with Gasteiger partial charge in [-0.25, -0.2) is 4.98 Å². The van der Waals surface area contributed by atoms with Crippen molar-refractivity contribution in [3.63, 3.8) is 0 Å². The lowest BCUT2D eigenvalue weighted by Gasteiger charge is -2.32. The standard InChI is InChI=1S/C13H17N7O2/c1-8-4-5-15-12(10(8)20(21)22)19-6-2-3-9(7-19)11-16-13(14)18-17-11/h4-5,9H,2-3,6-7H2,1H3,(H3,14,16,17,18)/t9-/m0/s1. The minimum Gasteiger partial charge on any atom is -0.367 e. The summed E-state index contributed by atoms with van der Waals surface area (Å²) in [5.41, 5.74) is 6.23. The smallest absolute Gasteiger partial charge is 0.314 e. The lowest BCUT2D eigenvalue weighted by molar-refractivity contribution is -0.384. The van der Waals surface area contributed by atoms with Crippen molar-refractivity contribution in [2.75, 3.05) is 23.7 Å². The Morgan fingerprint density at radius 3 is 3.05 bits per heavy atom. The Balaban J connectivity index is 1.89. The molecule has 0 unspecified atom stereocenters. The Morgan fingerprint density at radius 1 is 1.55 bits per heavy atom. The molecule has 116 valence electrons. The molecule has 0 spiro atoms. The Hall–Kier alpha value is -2.71. The number of aromatic amines is 1. The van der Waals surface area contributed by atoms with E-state index in [9.17, 15) is 10.1 Å². The average Bonchev–Trinajstić information content (AvgIpc) is 2.93. The van der Waals surface area contributed by atoms with E-state index >= 15 is 0 Å². The number of nitrogens with zero attached hydrogens (tertiary/aromatic N) is 5. The molecule has 22 heavy (non-hydrogen) atoms. The lowest BCUT2D eigenvalue weighted by atomic mass is 9.97. The van der Waals surface area contributed by atoms with Crippen LogP contribution in [0.1, 0.15) is 30.1 Å². The minimum atomic E-state index is -0.367. The average molecular weight is 303 g/mol. The maximum atomic E-state index is 11.3. The summed E-state index contributed by atoms with van der Waals surface area (Å²) in [6.45, 7) is 3.06. The first kappa shape index (κ1) is 14.2. The second-order valence-electron chi connectivity index (χ2n) is 5.42. The molecule has 2 aromatic rings. The molecule has 0 aliphatic carbocycles. The van der Waals surface area contributed by atoms with E-state index in [1.54, 1.807) is 19.2 Å². The quantitative estimate of drug-likeness (QED) is 0.647. The molecule has 1 fully saturated rings. The molecule has 9 nitrogen and oxygen atoms in total. The SMILES string of the molecule is Cc1ccnc(N2CCC[C@H](c3nc(N)n[nH]3)C2)c1[N+](=O)[O-]. The van der Waals surface area contributed by atoms with Crippen molar-refractivity contribution in [3.05, 3.63) is 33.8 Å². The van der Waals surface area contributed by atoms with Crippen molar-refractivity contribution in [1.82, 2.24) is 20.2 Å². The number of rotatable bonds is 3. The Kier molecular flexibility index (Phi) is 3.61. The lowest BCUT2D eigenvalue weighted by Crippen LogP contribution is -2.35. The van der Waals surface area contributed by atoms with Crippen LogP contribution in [0.5, 0.6) is 0 Å². The van der Waals surface area contributed by atoms with Gasteiger partial charge in [0.05, 0.1) is 4.92 Å². The number of hydrogen-bond donors (Lipinski definition) is 2. The third-order valence-corrected chi connectivity index (χ3v) is 3.92. The van der Waals surface area contributed by atoms with Crippen molar-refractivity contribution in [3.8, 4) is 0 Å². The Morgan fingerprint density at radius 2 is 2.36 bits per heavy atom. The van der Waals surface area contributed by atoms with Gasteiger partial charge in [-0.15, -0.1) is 5.10 Å². The highest BCUT2D eigenvalue weighted by Crippen LogP contribution is 2.33. The van der Waals surface area contributed by atoms with Crippen LogP contribution in [0, 0.1) is 17.0 Å². The van der Waals surface area contributed by atoms with Crippen molar-refractivity contribution in [2.45, 2.75) is 25.7 Å². The van der Waals surface area contributed by atoms with Crippen molar-refractivity contribution >= 4 is 17.5 Å². The molecule has 0 radical (unpaired) electrons. The maximum absolute atomic E-state index is 11.3. The van der Waals surface area contributed by atoms with E-state index in [-0.39, 0.29) is 22.5 Å². The van der Waals surface area contributed by atoms with Crippen LogP contribution < -0.4 is 10.6 Å². The number of nitrogens with two attached hydrogens (primary N) is 1. The maximum Gasteiger partial charge on any atom is 0.314 e. The van der Waals surface area contributed by atoms with Gasteiger partial charge in [0, 0.05) is 30.8 Å². The third-order valence-electron chi connectivity index (χ3n) is 3.92. The predicted octanol–water partition coefficient (Wildman–Crippen LogP) is 1.38. The number of aryl methyl sites for hydroxylation is 1. The topological polar surface area (TPSA) is 127 Å². The summed E-state index contributed by atoms with van der Waals surface area (Å²) in [7, 11) is 0. The molecule has 0 saturated carbocycles. The monoisotopic (exact) mass is 303 g/mol. The molecule has 9 heteroatoms. The van der Waals surface area contributed by atoms with Gasteiger partial charge >= 0.3 is 5.69 Å². The summed E-state index contributed by atoms with van der Waals surface area (Å²) in [6, 6.07) is 1.65. The molecule has 3 rings (SSSR count). The fourth-order valence-corrected chi connectivity index (χ4v) is 2.86. The first-order chi connectivity index (χ1) is 10.6. The van der Waals surface area contributed by atoms with E-state index in [0.717, 1.165) is 25.2 Å². The molecule has 3 heterocycles. The molecular formula is C13H17N7O2. The zero-order chi connectivity index (χ0) is 15.7. The molecule has 2 aromatic heterocycles. The van der Waals surface area contributed by atoms with E-state index in [4.69, 9.17) is 5.73 Å². The summed E-state index contributed by atoms with van der Waals surface area (Å²) in [5, 5.41) is 18.0. The number of pyridine rings is 1. The molecule has 0 amide bonds. The first-order valence-corrected chi connectivity index (χ1v) is 7.09. The van der Waals surface area contributed by atoms with Gasteiger partial charge in [0.1, 0.15) is 5.82 Å². The molecule has 1 aliphatic heterocycles. The molecule has 0 aromatic carbocycles. The van der Waals surface area contributed by atoms with Gasteiger partial charge in [-0.05, 0) is 25.8 Å². The van der Waals surface area contributed by atoms with Crippen molar-refractivity contribution in [1.29, 1.82) is 0 Å². The van der Waals surface area contributed by atoms with Gasteiger partial charge in [-0.3, -0.25) is 15.2 Å². The van der Waals surface area contributed by atoms with Crippen LogP contribution in [-0.4, -0.2) is 38.2 Å². The molecule has 1 aliphatic rings.